The highest BCUT2D eigenvalue weighted by atomic mass is 32.1. The average Bonchev–Trinajstić information content (AvgIpc) is 3.10. The summed E-state index contributed by atoms with van der Waals surface area (Å²) in [6.07, 6.45) is 1.81. The molecule has 8 heteroatoms. The lowest BCUT2D eigenvalue weighted by Crippen LogP contribution is -2.52. The molecule has 1 aromatic heterocycles. The molecule has 27 heavy (non-hydrogen) atoms. The van der Waals surface area contributed by atoms with Crippen LogP contribution in [0.4, 0.5) is 9.93 Å². The molecule has 4 rings (SSSR count). The fraction of sp³-hybridized carbons (Fsp3) is 0.421. The Bertz CT molecular complexity index is 820. The van der Waals surface area contributed by atoms with Crippen LogP contribution in [-0.4, -0.2) is 41.5 Å². The van der Waals surface area contributed by atoms with Gasteiger partial charge in [-0.3, -0.25) is 10.1 Å². The number of amides is 3. The van der Waals surface area contributed by atoms with E-state index >= 15 is 0 Å². The molecule has 7 nitrogen and oxygen atoms in total. The number of primary amides is 1. The van der Waals surface area contributed by atoms with Gasteiger partial charge in [-0.05, 0) is 18.4 Å². The molecule has 1 aromatic carbocycles. The predicted octanol–water partition coefficient (Wildman–Crippen LogP) is 2.27. The van der Waals surface area contributed by atoms with Crippen LogP contribution in [0.15, 0.2) is 30.3 Å². The second kappa shape index (κ2) is 7.28. The predicted molar refractivity (Wildman–Crippen MR) is 103 cm³/mol. The van der Waals surface area contributed by atoms with E-state index in [9.17, 15) is 9.59 Å². The molecular formula is C19H22N4O3S. The highest BCUT2D eigenvalue weighted by Gasteiger charge is 2.42. The van der Waals surface area contributed by atoms with Crippen molar-refractivity contribution in [1.29, 1.82) is 0 Å². The summed E-state index contributed by atoms with van der Waals surface area (Å²) in [4.78, 5) is 32.2. The minimum atomic E-state index is -0.713. The Morgan fingerprint density at radius 3 is 2.63 bits per heavy atom. The maximum absolute atomic E-state index is 12.6. The summed E-state index contributed by atoms with van der Waals surface area (Å²) >= 11 is 1.46. The van der Waals surface area contributed by atoms with E-state index in [2.05, 4.69) is 10.3 Å². The number of hydrogen-bond donors (Lipinski definition) is 2. The lowest BCUT2D eigenvalue weighted by Gasteiger charge is -2.39. The number of fused-ring (bicyclic) bond motifs is 1. The number of nitrogens with zero attached hydrogens (tertiary/aromatic N) is 2. The summed E-state index contributed by atoms with van der Waals surface area (Å²) in [5.41, 5.74) is 6.98. The van der Waals surface area contributed by atoms with Crippen molar-refractivity contribution in [2.45, 2.75) is 31.3 Å². The van der Waals surface area contributed by atoms with Crippen LogP contribution < -0.4 is 11.1 Å². The molecule has 0 unspecified atom stereocenters. The number of thiazole rings is 1. The fourth-order valence-electron chi connectivity index (χ4n) is 3.78. The third kappa shape index (κ3) is 3.42. The summed E-state index contributed by atoms with van der Waals surface area (Å²) in [6, 6.07) is 9.42. The molecule has 2 aliphatic rings. The standard InChI is InChI=1S/C19H22N4O3S/c20-16(24)19(13-4-2-1-3-5-13)7-9-23(10-8-19)18(25)22-17-21-14-6-11-26-12-15(14)27-17/h1-5H,6-12H2,(H2,20,24)(H,21,22,25). The quantitative estimate of drug-likeness (QED) is 0.845. The number of nitrogens with one attached hydrogen (secondary N) is 1. The number of hydrogen-bond acceptors (Lipinski definition) is 5. The SMILES string of the molecule is NC(=O)C1(c2ccccc2)CCN(C(=O)Nc2nc3c(s2)COCC3)CC1. The highest BCUT2D eigenvalue weighted by Crippen LogP contribution is 2.35. The number of rotatable bonds is 3. The number of likely N-dealkylation sites (tertiary alicyclic amines) is 1. The summed E-state index contributed by atoms with van der Waals surface area (Å²) in [5, 5.41) is 3.49. The number of benzene rings is 1. The van der Waals surface area contributed by atoms with Gasteiger partial charge >= 0.3 is 6.03 Å². The van der Waals surface area contributed by atoms with Crippen LogP contribution in [0.2, 0.25) is 0 Å². The molecule has 0 bridgehead atoms. The van der Waals surface area contributed by atoms with Gasteiger partial charge in [0.2, 0.25) is 5.91 Å². The molecule has 0 saturated carbocycles. The van der Waals surface area contributed by atoms with Gasteiger partial charge < -0.3 is 15.4 Å². The highest BCUT2D eigenvalue weighted by molar-refractivity contribution is 7.15. The Balaban J connectivity index is 1.43. The van der Waals surface area contributed by atoms with E-state index in [1.165, 1.54) is 11.3 Å². The third-order valence-corrected chi connectivity index (χ3v) is 6.40. The van der Waals surface area contributed by atoms with Crippen molar-refractivity contribution in [3.8, 4) is 0 Å². The number of urea groups is 1. The zero-order valence-corrected chi connectivity index (χ0v) is 15.8. The van der Waals surface area contributed by atoms with Gasteiger partial charge in [-0.25, -0.2) is 9.78 Å². The summed E-state index contributed by atoms with van der Waals surface area (Å²) < 4.78 is 5.42. The van der Waals surface area contributed by atoms with Crippen LogP contribution in [0.5, 0.6) is 0 Å². The topological polar surface area (TPSA) is 97.6 Å². The lowest BCUT2D eigenvalue weighted by atomic mass is 9.72. The van der Waals surface area contributed by atoms with Crippen molar-refractivity contribution in [3.05, 3.63) is 46.5 Å². The Morgan fingerprint density at radius 1 is 1.22 bits per heavy atom. The van der Waals surface area contributed by atoms with E-state index < -0.39 is 5.41 Å². The first-order valence-electron chi connectivity index (χ1n) is 9.06. The molecule has 0 radical (unpaired) electrons. The van der Waals surface area contributed by atoms with Crippen molar-refractivity contribution in [3.63, 3.8) is 0 Å². The normalized spacial score (nSPS) is 18.6. The van der Waals surface area contributed by atoms with Crippen LogP contribution in [-0.2, 0) is 28.0 Å². The number of carbonyl (C=O) groups excluding carboxylic acids is 2. The van der Waals surface area contributed by atoms with Gasteiger partial charge in [0.15, 0.2) is 5.13 Å². The summed E-state index contributed by atoms with van der Waals surface area (Å²) in [5.74, 6) is -0.332. The average molecular weight is 386 g/mol. The maximum atomic E-state index is 12.6. The van der Waals surface area contributed by atoms with Gasteiger partial charge in [0, 0.05) is 19.5 Å². The minimum absolute atomic E-state index is 0.187. The molecule has 0 aliphatic carbocycles. The second-order valence-corrected chi connectivity index (χ2v) is 8.00. The van der Waals surface area contributed by atoms with E-state index in [0.717, 1.165) is 22.6 Å². The molecule has 3 amide bonds. The molecule has 142 valence electrons. The molecule has 0 spiro atoms. The van der Waals surface area contributed by atoms with Crippen LogP contribution >= 0.6 is 11.3 Å². The molecule has 1 saturated heterocycles. The Morgan fingerprint density at radius 2 is 1.96 bits per heavy atom. The molecule has 2 aliphatic heterocycles. The van der Waals surface area contributed by atoms with Gasteiger partial charge in [0.05, 0.1) is 29.2 Å². The Hall–Kier alpha value is -2.45. The Kier molecular flexibility index (Phi) is 4.84. The van der Waals surface area contributed by atoms with Gasteiger partial charge in [0.1, 0.15) is 0 Å². The van der Waals surface area contributed by atoms with E-state index in [1.54, 1.807) is 4.90 Å². The van der Waals surface area contributed by atoms with Crippen molar-refractivity contribution < 1.29 is 14.3 Å². The van der Waals surface area contributed by atoms with Crippen molar-refractivity contribution in [1.82, 2.24) is 9.88 Å². The monoisotopic (exact) mass is 386 g/mol. The zero-order chi connectivity index (χ0) is 18.9. The number of carbonyl (C=O) groups is 2. The van der Waals surface area contributed by atoms with Crippen molar-refractivity contribution in [2.75, 3.05) is 25.0 Å². The first-order valence-corrected chi connectivity index (χ1v) is 9.88. The smallest absolute Gasteiger partial charge is 0.323 e. The van der Waals surface area contributed by atoms with Gasteiger partial charge in [-0.1, -0.05) is 41.7 Å². The fourth-order valence-corrected chi connectivity index (χ4v) is 4.71. The summed E-state index contributed by atoms with van der Waals surface area (Å²) in [7, 11) is 0. The van der Waals surface area contributed by atoms with E-state index in [1.807, 2.05) is 30.3 Å². The molecule has 3 N–H and O–H groups in total. The van der Waals surface area contributed by atoms with E-state index in [0.29, 0.717) is 44.3 Å². The van der Waals surface area contributed by atoms with Crippen LogP contribution in [0, 0.1) is 0 Å². The zero-order valence-electron chi connectivity index (χ0n) is 14.9. The Labute approximate surface area is 161 Å². The second-order valence-electron chi connectivity index (χ2n) is 6.92. The van der Waals surface area contributed by atoms with E-state index in [4.69, 9.17) is 10.5 Å². The van der Waals surface area contributed by atoms with Crippen LogP contribution in [0.25, 0.3) is 0 Å². The van der Waals surface area contributed by atoms with E-state index in [-0.39, 0.29) is 11.9 Å². The van der Waals surface area contributed by atoms with Gasteiger partial charge in [-0.2, -0.15) is 0 Å². The molecule has 2 aromatic rings. The van der Waals surface area contributed by atoms with Crippen molar-refractivity contribution in [2.24, 2.45) is 5.73 Å². The number of anilines is 1. The van der Waals surface area contributed by atoms with Gasteiger partial charge in [-0.15, -0.1) is 0 Å². The van der Waals surface area contributed by atoms with Crippen LogP contribution in [0.3, 0.4) is 0 Å². The number of piperidine rings is 1. The lowest BCUT2D eigenvalue weighted by molar-refractivity contribution is -0.125. The van der Waals surface area contributed by atoms with Crippen LogP contribution in [0.1, 0.15) is 29.0 Å². The molecule has 3 heterocycles. The van der Waals surface area contributed by atoms with Gasteiger partial charge in [0.25, 0.3) is 0 Å². The first kappa shape index (κ1) is 17.9. The number of ether oxygens (including phenoxy) is 1. The maximum Gasteiger partial charge on any atom is 0.323 e. The number of aromatic nitrogens is 1. The first-order chi connectivity index (χ1) is 13.1. The molecule has 0 atom stereocenters. The number of nitrogens with two attached hydrogens (primary N) is 1. The third-order valence-electron chi connectivity index (χ3n) is 5.41. The van der Waals surface area contributed by atoms with Crippen molar-refractivity contribution >= 4 is 28.4 Å². The largest absolute Gasteiger partial charge is 0.375 e. The molecular weight excluding hydrogens is 364 g/mol. The molecule has 1 fully saturated rings. The minimum Gasteiger partial charge on any atom is -0.375 e. The summed E-state index contributed by atoms with van der Waals surface area (Å²) in [6.45, 7) is 2.17.